The maximum Gasteiger partial charge on any atom is 0.220 e. The second kappa shape index (κ2) is 8.91. The number of hydrogen-bond donors (Lipinski definition) is 2. The molecule has 94 valence electrons. The molecule has 1 rings (SSSR count). The smallest absolute Gasteiger partial charge is 0.220 e. The zero-order valence-electron chi connectivity index (χ0n) is 10.2. The Morgan fingerprint density at radius 2 is 1.88 bits per heavy atom. The van der Waals surface area contributed by atoms with E-state index in [2.05, 4.69) is 17.9 Å². The van der Waals surface area contributed by atoms with Gasteiger partial charge in [0.15, 0.2) is 0 Å². The van der Waals surface area contributed by atoms with Gasteiger partial charge in [0.2, 0.25) is 5.91 Å². The van der Waals surface area contributed by atoms with E-state index in [1.165, 1.54) is 32.1 Å². The summed E-state index contributed by atoms with van der Waals surface area (Å²) in [4.78, 5) is 11.5. The summed E-state index contributed by atoms with van der Waals surface area (Å²) in [5, 5.41) is 3.07. The minimum atomic E-state index is 0.240. The summed E-state index contributed by atoms with van der Waals surface area (Å²) in [6, 6.07) is 0. The molecular weight excluding hydrogens is 218 g/mol. The molecule has 2 nitrogen and oxygen atoms in total. The van der Waals surface area contributed by atoms with E-state index in [0.717, 1.165) is 37.5 Å². The van der Waals surface area contributed by atoms with Gasteiger partial charge in [-0.25, -0.2) is 0 Å². The van der Waals surface area contributed by atoms with Gasteiger partial charge in [-0.1, -0.05) is 25.7 Å². The van der Waals surface area contributed by atoms with E-state index in [-0.39, 0.29) is 5.91 Å². The quantitative estimate of drug-likeness (QED) is 0.522. The Morgan fingerprint density at radius 3 is 2.56 bits per heavy atom. The predicted octanol–water partition coefficient (Wildman–Crippen LogP) is 3.17. The largest absolute Gasteiger partial charge is 0.356 e. The monoisotopic (exact) mass is 243 g/mol. The van der Waals surface area contributed by atoms with E-state index in [0.29, 0.717) is 6.42 Å². The summed E-state index contributed by atoms with van der Waals surface area (Å²) in [7, 11) is 0. The number of carbonyl (C=O) groups is 1. The Labute approximate surface area is 105 Å². The number of unbranched alkanes of at least 4 members (excludes halogenated alkanes) is 2. The molecule has 1 amide bonds. The highest BCUT2D eigenvalue weighted by Gasteiger charge is 2.13. The van der Waals surface area contributed by atoms with Gasteiger partial charge in [0, 0.05) is 13.0 Å². The molecule has 0 heterocycles. The summed E-state index contributed by atoms with van der Waals surface area (Å²) >= 11 is 4.16. The van der Waals surface area contributed by atoms with Crippen molar-refractivity contribution in [1.29, 1.82) is 0 Å². The molecule has 3 heteroatoms. The molecule has 0 saturated heterocycles. The second-order valence-electron chi connectivity index (χ2n) is 4.84. The zero-order chi connectivity index (χ0) is 11.6. The van der Waals surface area contributed by atoms with Crippen LogP contribution >= 0.6 is 12.6 Å². The fourth-order valence-corrected chi connectivity index (χ4v) is 2.54. The zero-order valence-corrected chi connectivity index (χ0v) is 11.1. The molecule has 1 N–H and O–H groups in total. The SMILES string of the molecule is O=C(CCCCCS)NCC1CCCCC1. The van der Waals surface area contributed by atoms with Crippen LogP contribution in [0.5, 0.6) is 0 Å². The van der Waals surface area contributed by atoms with Crippen LogP contribution in [0.15, 0.2) is 0 Å². The number of carbonyl (C=O) groups excluding carboxylic acids is 1. The average molecular weight is 243 g/mol. The topological polar surface area (TPSA) is 29.1 Å². The molecule has 1 aliphatic rings. The fraction of sp³-hybridized carbons (Fsp3) is 0.923. The normalized spacial score (nSPS) is 17.3. The molecule has 0 aromatic carbocycles. The maximum absolute atomic E-state index is 11.5. The van der Waals surface area contributed by atoms with Gasteiger partial charge in [-0.05, 0) is 37.4 Å². The van der Waals surface area contributed by atoms with Crippen molar-refractivity contribution < 1.29 is 4.79 Å². The first-order valence-corrected chi connectivity index (χ1v) is 7.33. The number of rotatable bonds is 7. The minimum Gasteiger partial charge on any atom is -0.356 e. The third kappa shape index (κ3) is 6.41. The van der Waals surface area contributed by atoms with Crippen molar-refractivity contribution >= 4 is 18.5 Å². The molecule has 1 fully saturated rings. The van der Waals surface area contributed by atoms with Crippen LogP contribution in [0.3, 0.4) is 0 Å². The standard InChI is InChI=1S/C13H25NOS/c15-13(9-5-2-6-10-16)14-11-12-7-3-1-4-8-12/h12,16H,1-11H2,(H,14,15). The van der Waals surface area contributed by atoms with E-state index < -0.39 is 0 Å². The highest BCUT2D eigenvalue weighted by Crippen LogP contribution is 2.22. The third-order valence-electron chi connectivity index (χ3n) is 3.37. The van der Waals surface area contributed by atoms with Crippen molar-refractivity contribution in [2.45, 2.75) is 57.8 Å². The van der Waals surface area contributed by atoms with Gasteiger partial charge in [-0.15, -0.1) is 0 Å². The Morgan fingerprint density at radius 1 is 1.12 bits per heavy atom. The van der Waals surface area contributed by atoms with E-state index in [4.69, 9.17) is 0 Å². The highest BCUT2D eigenvalue weighted by atomic mass is 32.1. The van der Waals surface area contributed by atoms with E-state index in [1.807, 2.05) is 0 Å². The lowest BCUT2D eigenvalue weighted by Crippen LogP contribution is -2.29. The number of thiol groups is 1. The average Bonchev–Trinajstić information content (AvgIpc) is 2.33. The second-order valence-corrected chi connectivity index (χ2v) is 5.29. The van der Waals surface area contributed by atoms with Gasteiger partial charge < -0.3 is 5.32 Å². The van der Waals surface area contributed by atoms with Gasteiger partial charge >= 0.3 is 0 Å². The molecular formula is C13H25NOS. The summed E-state index contributed by atoms with van der Waals surface area (Å²) in [5.41, 5.74) is 0. The third-order valence-corrected chi connectivity index (χ3v) is 3.69. The molecule has 1 aliphatic carbocycles. The van der Waals surface area contributed by atoms with E-state index in [9.17, 15) is 4.79 Å². The molecule has 0 unspecified atom stereocenters. The number of nitrogens with one attached hydrogen (secondary N) is 1. The van der Waals surface area contributed by atoms with Gasteiger partial charge in [0.25, 0.3) is 0 Å². The minimum absolute atomic E-state index is 0.240. The Kier molecular flexibility index (Phi) is 7.73. The van der Waals surface area contributed by atoms with Crippen molar-refractivity contribution in [3.8, 4) is 0 Å². The lowest BCUT2D eigenvalue weighted by molar-refractivity contribution is -0.121. The Balaban J connectivity index is 1.96. The Hall–Kier alpha value is -0.180. The fourth-order valence-electron chi connectivity index (χ4n) is 2.31. The van der Waals surface area contributed by atoms with Crippen molar-refractivity contribution in [2.75, 3.05) is 12.3 Å². The van der Waals surface area contributed by atoms with Crippen molar-refractivity contribution in [3.63, 3.8) is 0 Å². The maximum atomic E-state index is 11.5. The summed E-state index contributed by atoms with van der Waals surface area (Å²) in [6.07, 6.45) is 10.6. The molecule has 0 bridgehead atoms. The van der Waals surface area contributed by atoms with Gasteiger partial charge in [-0.3, -0.25) is 4.79 Å². The predicted molar refractivity (Wildman–Crippen MR) is 71.9 cm³/mol. The lowest BCUT2D eigenvalue weighted by Gasteiger charge is -2.21. The summed E-state index contributed by atoms with van der Waals surface area (Å²) in [6.45, 7) is 0.908. The van der Waals surface area contributed by atoms with Gasteiger partial charge in [0.05, 0.1) is 0 Å². The first kappa shape index (κ1) is 13.9. The lowest BCUT2D eigenvalue weighted by atomic mass is 9.89. The molecule has 16 heavy (non-hydrogen) atoms. The summed E-state index contributed by atoms with van der Waals surface area (Å²) < 4.78 is 0. The van der Waals surface area contributed by atoms with Crippen LogP contribution in [0, 0.1) is 5.92 Å². The van der Waals surface area contributed by atoms with Crippen LogP contribution in [0.4, 0.5) is 0 Å². The van der Waals surface area contributed by atoms with Crippen LogP contribution in [0.2, 0.25) is 0 Å². The molecule has 0 radical (unpaired) electrons. The van der Waals surface area contributed by atoms with Crippen LogP contribution in [0.1, 0.15) is 57.8 Å². The number of amides is 1. The van der Waals surface area contributed by atoms with Crippen molar-refractivity contribution in [2.24, 2.45) is 5.92 Å². The van der Waals surface area contributed by atoms with Crippen LogP contribution in [-0.4, -0.2) is 18.2 Å². The first-order valence-electron chi connectivity index (χ1n) is 6.70. The number of hydrogen-bond acceptors (Lipinski definition) is 2. The van der Waals surface area contributed by atoms with Gasteiger partial charge in [0.1, 0.15) is 0 Å². The molecule has 0 aromatic rings. The molecule has 1 saturated carbocycles. The van der Waals surface area contributed by atoms with Crippen molar-refractivity contribution in [3.05, 3.63) is 0 Å². The van der Waals surface area contributed by atoms with Crippen LogP contribution in [-0.2, 0) is 4.79 Å². The Bertz CT molecular complexity index is 190. The van der Waals surface area contributed by atoms with Crippen molar-refractivity contribution in [1.82, 2.24) is 5.32 Å². The molecule has 0 aliphatic heterocycles. The van der Waals surface area contributed by atoms with Crippen LogP contribution in [0.25, 0.3) is 0 Å². The van der Waals surface area contributed by atoms with Gasteiger partial charge in [-0.2, -0.15) is 12.6 Å². The summed E-state index contributed by atoms with van der Waals surface area (Å²) in [5.74, 6) is 1.92. The molecule has 0 aromatic heterocycles. The van der Waals surface area contributed by atoms with E-state index in [1.54, 1.807) is 0 Å². The first-order chi connectivity index (χ1) is 7.83. The molecule has 0 atom stereocenters. The highest BCUT2D eigenvalue weighted by molar-refractivity contribution is 7.80. The van der Waals surface area contributed by atoms with E-state index >= 15 is 0 Å². The van der Waals surface area contributed by atoms with Crippen LogP contribution < -0.4 is 5.32 Å². The molecule has 0 spiro atoms.